The molecular weight excluding hydrogens is 403 g/mol. The van der Waals surface area contributed by atoms with Gasteiger partial charge in [0.2, 0.25) is 0 Å². The summed E-state index contributed by atoms with van der Waals surface area (Å²) in [6, 6.07) is 0.391. The van der Waals surface area contributed by atoms with Gasteiger partial charge in [0.1, 0.15) is 6.10 Å². The van der Waals surface area contributed by atoms with E-state index in [0.717, 1.165) is 10.6 Å². The van der Waals surface area contributed by atoms with Crippen LogP contribution in [-0.4, -0.2) is 52.9 Å². The first-order valence-corrected chi connectivity index (χ1v) is 11.3. The van der Waals surface area contributed by atoms with E-state index < -0.39 is 54.0 Å². The predicted molar refractivity (Wildman–Crippen MR) is 106 cm³/mol. The monoisotopic (exact) mass is 434 g/mol. The molecule has 1 aliphatic carbocycles. The Morgan fingerprint density at radius 2 is 1.86 bits per heavy atom. The van der Waals surface area contributed by atoms with Gasteiger partial charge in [-0.1, -0.05) is 13.8 Å². The Morgan fingerprint density at radius 1 is 1.24 bits per heavy atom. The highest BCUT2D eigenvalue weighted by atomic mass is 31.2. The van der Waals surface area contributed by atoms with Crippen molar-refractivity contribution in [1.82, 2.24) is 9.55 Å². The molecule has 0 spiro atoms. The molecule has 1 aliphatic rings. The van der Waals surface area contributed by atoms with Crippen LogP contribution in [0.3, 0.4) is 0 Å². The second-order valence-electron chi connectivity index (χ2n) is 8.25. The number of H-pyrrole nitrogens is 1. The molecular formula is C18H31N2O8P. The van der Waals surface area contributed by atoms with Gasteiger partial charge in [0, 0.05) is 12.3 Å². The average molecular weight is 434 g/mol. The lowest BCUT2D eigenvalue weighted by Crippen LogP contribution is -2.38. The van der Waals surface area contributed by atoms with Crippen LogP contribution < -0.4 is 11.2 Å². The van der Waals surface area contributed by atoms with Gasteiger partial charge in [-0.05, 0) is 45.4 Å². The zero-order valence-corrected chi connectivity index (χ0v) is 18.0. The van der Waals surface area contributed by atoms with Crippen LogP contribution >= 0.6 is 7.60 Å². The number of aliphatic hydroxyl groups is 3. The number of aromatic nitrogens is 2. The van der Waals surface area contributed by atoms with Crippen molar-refractivity contribution in [2.45, 2.75) is 82.6 Å². The molecule has 0 aliphatic heterocycles. The smallest absolute Gasteiger partial charge is 0.359 e. The summed E-state index contributed by atoms with van der Waals surface area (Å²) in [4.78, 5) is 35.7. The highest BCUT2D eigenvalue weighted by molar-refractivity contribution is 7.54. The predicted octanol–water partition coefficient (Wildman–Crippen LogP) is 0.699. The van der Waals surface area contributed by atoms with Gasteiger partial charge < -0.3 is 24.7 Å². The third kappa shape index (κ3) is 4.90. The van der Waals surface area contributed by atoms with Crippen molar-refractivity contribution in [1.29, 1.82) is 0 Å². The van der Waals surface area contributed by atoms with Crippen LogP contribution in [0.4, 0.5) is 0 Å². The molecule has 2 unspecified atom stereocenters. The van der Waals surface area contributed by atoms with Gasteiger partial charge in [-0.25, -0.2) is 4.79 Å². The topological polar surface area (TPSA) is 162 Å². The standard InChI is InChI=1S/C18H31N2O8P/c1-5-17(3,28-29(26,27)18(4,25)6-2)10-11-9-12(15(23)14(11)22)20-8-7-13(21)19-16(20)24/h7-8,11-12,14-15,22-23,25H,5-6,9-10H2,1-4H3,(H,26,27)(H,19,21,24)/t11-,12-,14-,15+,17?,18-/m1/s1. The number of hydrogen-bond donors (Lipinski definition) is 5. The fourth-order valence-corrected chi connectivity index (χ4v) is 5.06. The first-order valence-electron chi connectivity index (χ1n) is 9.70. The number of aromatic amines is 1. The first-order chi connectivity index (χ1) is 13.3. The van der Waals surface area contributed by atoms with E-state index in [1.807, 2.05) is 0 Å². The second kappa shape index (κ2) is 8.45. The summed E-state index contributed by atoms with van der Waals surface area (Å²) >= 11 is 0. The van der Waals surface area contributed by atoms with E-state index in [1.165, 1.54) is 13.1 Å². The molecule has 1 heterocycles. The lowest BCUT2D eigenvalue weighted by atomic mass is 9.87. The summed E-state index contributed by atoms with van der Waals surface area (Å²) < 4.78 is 19.3. The molecule has 10 nitrogen and oxygen atoms in total. The van der Waals surface area contributed by atoms with Crippen LogP contribution in [0.15, 0.2) is 21.9 Å². The van der Waals surface area contributed by atoms with Crippen LogP contribution in [0.25, 0.3) is 0 Å². The number of nitrogens with one attached hydrogen (secondary N) is 1. The van der Waals surface area contributed by atoms with E-state index in [1.54, 1.807) is 20.8 Å². The van der Waals surface area contributed by atoms with Crippen LogP contribution in [-0.2, 0) is 9.09 Å². The second-order valence-corrected chi connectivity index (χ2v) is 10.4. The van der Waals surface area contributed by atoms with Crippen LogP contribution in [0.5, 0.6) is 0 Å². The Hall–Kier alpha value is -1.29. The summed E-state index contributed by atoms with van der Waals surface area (Å²) in [7, 11) is -4.40. The molecule has 5 N–H and O–H groups in total. The maximum absolute atomic E-state index is 12.6. The molecule has 0 radical (unpaired) electrons. The maximum Gasteiger partial charge on any atom is 0.359 e. The number of hydrogen-bond acceptors (Lipinski definition) is 7. The van der Waals surface area contributed by atoms with Crippen LogP contribution in [0.2, 0.25) is 0 Å². The maximum atomic E-state index is 12.6. The van der Waals surface area contributed by atoms with Crippen molar-refractivity contribution in [2.24, 2.45) is 5.92 Å². The van der Waals surface area contributed by atoms with Gasteiger partial charge in [-0.3, -0.25) is 18.9 Å². The van der Waals surface area contributed by atoms with Gasteiger partial charge >= 0.3 is 13.3 Å². The van der Waals surface area contributed by atoms with E-state index in [0.29, 0.717) is 6.42 Å². The Balaban J connectivity index is 2.24. The third-order valence-electron chi connectivity index (χ3n) is 6.04. The minimum Gasteiger partial charge on any atom is -0.390 e. The molecule has 0 aromatic carbocycles. The Morgan fingerprint density at radius 3 is 2.38 bits per heavy atom. The number of nitrogens with zero attached hydrogens (tertiary/aromatic N) is 1. The van der Waals surface area contributed by atoms with Crippen molar-refractivity contribution in [3.05, 3.63) is 33.1 Å². The molecule has 2 rings (SSSR count). The molecule has 0 amide bonds. The molecule has 1 aromatic rings. The zero-order valence-electron chi connectivity index (χ0n) is 17.1. The molecule has 166 valence electrons. The van der Waals surface area contributed by atoms with E-state index in [4.69, 9.17) is 4.52 Å². The van der Waals surface area contributed by atoms with Crippen molar-refractivity contribution in [3.8, 4) is 0 Å². The summed E-state index contributed by atoms with van der Waals surface area (Å²) in [6.07, 6.45) is -0.529. The molecule has 1 saturated carbocycles. The minimum absolute atomic E-state index is 0.0164. The average Bonchev–Trinajstić information content (AvgIpc) is 2.89. The summed E-state index contributed by atoms with van der Waals surface area (Å²) in [5, 5.41) is 29.3. The molecule has 0 bridgehead atoms. The normalized spacial score (nSPS) is 31.0. The van der Waals surface area contributed by atoms with Gasteiger partial charge in [-0.2, -0.15) is 0 Å². The lowest BCUT2D eigenvalue weighted by molar-refractivity contribution is -0.0266. The van der Waals surface area contributed by atoms with Gasteiger partial charge in [0.25, 0.3) is 5.56 Å². The summed E-state index contributed by atoms with van der Waals surface area (Å²) in [5.74, 6) is -0.537. The van der Waals surface area contributed by atoms with E-state index >= 15 is 0 Å². The molecule has 7 atom stereocenters. The van der Waals surface area contributed by atoms with Crippen molar-refractivity contribution >= 4 is 7.60 Å². The Kier molecular flexibility index (Phi) is 6.99. The fraction of sp³-hybridized carbons (Fsp3) is 0.778. The number of rotatable bonds is 8. The first kappa shape index (κ1) is 24.0. The lowest BCUT2D eigenvalue weighted by Gasteiger charge is -2.37. The molecule has 1 fully saturated rings. The van der Waals surface area contributed by atoms with Crippen molar-refractivity contribution in [2.75, 3.05) is 0 Å². The number of aliphatic hydroxyl groups excluding tert-OH is 2. The summed E-state index contributed by atoms with van der Waals surface area (Å²) in [6.45, 7) is 6.16. The van der Waals surface area contributed by atoms with Crippen molar-refractivity contribution < 1.29 is 29.3 Å². The fourth-order valence-electron chi connectivity index (χ4n) is 3.66. The van der Waals surface area contributed by atoms with Crippen LogP contribution in [0.1, 0.15) is 59.4 Å². The summed E-state index contributed by atoms with van der Waals surface area (Å²) in [5.41, 5.74) is -2.41. The van der Waals surface area contributed by atoms with E-state index in [-0.39, 0.29) is 19.3 Å². The highest BCUT2D eigenvalue weighted by Crippen LogP contribution is 2.59. The molecule has 1 aromatic heterocycles. The Labute approximate surface area is 168 Å². The zero-order chi connectivity index (χ0) is 22.2. The highest BCUT2D eigenvalue weighted by Gasteiger charge is 2.50. The van der Waals surface area contributed by atoms with Crippen LogP contribution in [0, 0.1) is 5.92 Å². The molecule has 11 heteroatoms. The van der Waals surface area contributed by atoms with Gasteiger partial charge in [0.05, 0.1) is 17.7 Å². The van der Waals surface area contributed by atoms with E-state index in [9.17, 15) is 34.4 Å². The minimum atomic E-state index is -4.40. The SMILES string of the molecule is CCC(C)(C[C@H]1C[C@@H](n2ccc(=O)[nH]c2=O)[C@H](O)[C@@H]1O)OP(=O)(O)[C@@](C)(O)CC. The largest absolute Gasteiger partial charge is 0.390 e. The molecule has 0 saturated heterocycles. The third-order valence-corrected chi connectivity index (χ3v) is 8.27. The van der Waals surface area contributed by atoms with Gasteiger partial charge in [-0.15, -0.1) is 0 Å². The quantitative estimate of drug-likeness (QED) is 0.373. The Bertz CT molecular complexity index is 881. The van der Waals surface area contributed by atoms with E-state index in [2.05, 4.69) is 4.98 Å². The van der Waals surface area contributed by atoms with Crippen molar-refractivity contribution in [3.63, 3.8) is 0 Å². The molecule has 29 heavy (non-hydrogen) atoms. The van der Waals surface area contributed by atoms with Gasteiger partial charge in [0.15, 0.2) is 5.34 Å².